The average molecular weight is 381 g/mol. The summed E-state index contributed by atoms with van der Waals surface area (Å²) in [5.41, 5.74) is 3.82. The molecule has 0 radical (unpaired) electrons. The molecule has 0 saturated carbocycles. The van der Waals surface area contributed by atoms with Crippen molar-refractivity contribution in [2.24, 2.45) is 4.99 Å². The van der Waals surface area contributed by atoms with Gasteiger partial charge in [-0.2, -0.15) is 0 Å². The van der Waals surface area contributed by atoms with Crippen LogP contribution >= 0.6 is 0 Å². The third kappa shape index (κ3) is 4.13. The first kappa shape index (κ1) is 18.4. The smallest absolute Gasteiger partial charge is 0.238 e. The second-order valence-electron chi connectivity index (χ2n) is 6.88. The molecule has 3 heterocycles. The number of carbonyl (C=O) groups excluding carboxylic acids is 1. The highest BCUT2D eigenvalue weighted by molar-refractivity contribution is 5.97. The van der Waals surface area contributed by atoms with Gasteiger partial charge in [0.25, 0.3) is 0 Å². The van der Waals surface area contributed by atoms with Crippen LogP contribution in [0.1, 0.15) is 18.5 Å². The Bertz CT molecular complexity index is 863. The van der Waals surface area contributed by atoms with Crippen molar-refractivity contribution in [3.05, 3.63) is 54.4 Å². The number of ether oxygens (including phenoxy) is 1. The Labute approximate surface area is 163 Å². The van der Waals surface area contributed by atoms with Crippen LogP contribution in [-0.4, -0.2) is 54.1 Å². The van der Waals surface area contributed by atoms with Crippen LogP contribution in [0.4, 0.5) is 5.69 Å². The van der Waals surface area contributed by atoms with Gasteiger partial charge in [0, 0.05) is 43.9 Å². The summed E-state index contributed by atoms with van der Waals surface area (Å²) in [7, 11) is 1.60. The van der Waals surface area contributed by atoms with E-state index < -0.39 is 5.72 Å². The van der Waals surface area contributed by atoms with Crippen LogP contribution in [0.25, 0.3) is 0 Å². The number of rotatable bonds is 5. The first-order valence-electron chi connectivity index (χ1n) is 9.27. The van der Waals surface area contributed by atoms with Gasteiger partial charge in [0.2, 0.25) is 5.91 Å². The summed E-state index contributed by atoms with van der Waals surface area (Å²) in [5.74, 6) is 1.32. The first-order valence-corrected chi connectivity index (χ1v) is 9.27. The van der Waals surface area contributed by atoms with Crippen molar-refractivity contribution in [1.82, 2.24) is 15.4 Å². The molecule has 1 amide bonds. The lowest BCUT2D eigenvalue weighted by molar-refractivity contribution is -0.120. The second kappa shape index (κ2) is 7.95. The number of carbonyl (C=O) groups is 1. The Morgan fingerprint density at radius 3 is 2.89 bits per heavy atom. The van der Waals surface area contributed by atoms with E-state index in [4.69, 9.17) is 14.6 Å². The molecule has 4 rings (SSSR count). The maximum atomic E-state index is 12.4. The van der Waals surface area contributed by atoms with Crippen molar-refractivity contribution in [3.63, 3.8) is 0 Å². The quantitative estimate of drug-likeness (QED) is 0.821. The number of anilines is 1. The molecule has 1 fully saturated rings. The van der Waals surface area contributed by atoms with E-state index in [1.165, 1.54) is 0 Å². The number of hydroxylamine groups is 1. The van der Waals surface area contributed by atoms with Gasteiger partial charge >= 0.3 is 0 Å². The normalized spacial score (nSPS) is 18.4. The number of piperidine rings is 1. The number of amides is 1. The molecule has 146 valence electrons. The standard InChI is InChI=1S/C20H23N5O3/c1-27-16-6-4-5-15(13-16)22-18(26)14-25-11-8-20(9-12-25)23-19(24-28-20)17-7-2-3-10-21-17/h2-7,10,13H,8-9,11-12,14H2,1H3,(H,22,26)(H,23,24). The number of amidine groups is 1. The van der Waals surface area contributed by atoms with Crippen molar-refractivity contribution < 1.29 is 14.4 Å². The number of aromatic nitrogens is 1. The number of nitrogens with one attached hydrogen (secondary N) is 2. The second-order valence-corrected chi connectivity index (χ2v) is 6.88. The molecule has 2 aliphatic heterocycles. The van der Waals surface area contributed by atoms with Gasteiger partial charge in [-0.25, -0.2) is 15.3 Å². The molecule has 2 aromatic rings. The fourth-order valence-corrected chi connectivity index (χ4v) is 3.38. The number of methoxy groups -OCH3 is 1. The maximum Gasteiger partial charge on any atom is 0.238 e. The predicted octanol–water partition coefficient (Wildman–Crippen LogP) is 1.80. The molecule has 0 aliphatic carbocycles. The van der Waals surface area contributed by atoms with Crippen LogP contribution in [0.2, 0.25) is 0 Å². The van der Waals surface area contributed by atoms with Gasteiger partial charge in [-0.3, -0.25) is 14.7 Å². The molecule has 8 heteroatoms. The Balaban J connectivity index is 1.31. The molecule has 1 aromatic heterocycles. The first-order chi connectivity index (χ1) is 13.7. The third-order valence-electron chi connectivity index (χ3n) is 4.92. The molecule has 2 aliphatic rings. The van der Waals surface area contributed by atoms with Gasteiger partial charge in [0.15, 0.2) is 11.6 Å². The largest absolute Gasteiger partial charge is 0.497 e. The van der Waals surface area contributed by atoms with Crippen LogP contribution in [0.15, 0.2) is 53.7 Å². The van der Waals surface area contributed by atoms with E-state index in [0.717, 1.165) is 24.5 Å². The molecular formula is C20H23N5O3. The molecule has 0 atom stereocenters. The molecule has 1 saturated heterocycles. The van der Waals surface area contributed by atoms with Crippen LogP contribution in [0.5, 0.6) is 5.75 Å². The molecule has 1 aromatic carbocycles. The molecule has 1 spiro atoms. The molecule has 8 nitrogen and oxygen atoms in total. The minimum absolute atomic E-state index is 0.0488. The lowest BCUT2D eigenvalue weighted by Crippen LogP contribution is -2.46. The summed E-state index contributed by atoms with van der Waals surface area (Å²) >= 11 is 0. The van der Waals surface area contributed by atoms with Gasteiger partial charge in [-0.05, 0) is 24.3 Å². The van der Waals surface area contributed by atoms with Crippen LogP contribution in [0, 0.1) is 0 Å². The fourth-order valence-electron chi connectivity index (χ4n) is 3.38. The number of nitrogens with zero attached hydrogens (tertiary/aromatic N) is 3. The number of hydrogen-bond donors (Lipinski definition) is 2. The van der Waals surface area contributed by atoms with Crippen LogP contribution in [-0.2, 0) is 9.63 Å². The summed E-state index contributed by atoms with van der Waals surface area (Å²) in [6.07, 6.45) is 3.15. The van der Waals surface area contributed by atoms with Gasteiger partial charge in [0.05, 0.1) is 13.7 Å². The van der Waals surface area contributed by atoms with Gasteiger partial charge in [-0.15, -0.1) is 0 Å². The van der Waals surface area contributed by atoms with E-state index in [-0.39, 0.29) is 5.91 Å². The SMILES string of the molecule is COc1cccc(NC(=O)CN2CCC3(CC2)N=C(c2ccccn2)NO3)c1. The van der Waals surface area contributed by atoms with E-state index in [9.17, 15) is 4.79 Å². The van der Waals surface area contributed by atoms with Crippen molar-refractivity contribution in [1.29, 1.82) is 0 Å². The average Bonchev–Trinajstić information content (AvgIpc) is 3.14. The maximum absolute atomic E-state index is 12.4. The monoisotopic (exact) mass is 381 g/mol. The number of hydrogen-bond acceptors (Lipinski definition) is 7. The minimum atomic E-state index is -0.577. The van der Waals surface area contributed by atoms with Crippen LogP contribution in [0.3, 0.4) is 0 Å². The molecular weight excluding hydrogens is 358 g/mol. The van der Waals surface area contributed by atoms with Crippen molar-refractivity contribution in [2.75, 3.05) is 32.1 Å². The molecule has 0 unspecified atom stereocenters. The van der Waals surface area contributed by atoms with E-state index in [1.807, 2.05) is 36.4 Å². The van der Waals surface area contributed by atoms with Crippen molar-refractivity contribution in [3.8, 4) is 5.75 Å². The van der Waals surface area contributed by atoms with E-state index in [1.54, 1.807) is 19.4 Å². The Morgan fingerprint density at radius 1 is 1.29 bits per heavy atom. The number of aliphatic imine (C=N–C) groups is 1. The zero-order valence-corrected chi connectivity index (χ0v) is 15.7. The van der Waals surface area contributed by atoms with Crippen molar-refractivity contribution >= 4 is 17.4 Å². The van der Waals surface area contributed by atoms with Gasteiger partial charge in [0.1, 0.15) is 11.4 Å². The van der Waals surface area contributed by atoms with Gasteiger partial charge in [-0.1, -0.05) is 12.1 Å². The predicted molar refractivity (Wildman–Crippen MR) is 105 cm³/mol. The lowest BCUT2D eigenvalue weighted by atomic mass is 10.0. The Kier molecular flexibility index (Phi) is 5.23. The summed E-state index contributed by atoms with van der Waals surface area (Å²) in [6.45, 7) is 1.79. The Morgan fingerprint density at radius 2 is 2.14 bits per heavy atom. The molecule has 2 N–H and O–H groups in total. The van der Waals surface area contributed by atoms with E-state index in [0.29, 0.717) is 31.0 Å². The molecule has 0 bridgehead atoms. The summed E-state index contributed by atoms with van der Waals surface area (Å²) in [6, 6.07) is 13.0. The van der Waals surface area contributed by atoms with Crippen LogP contribution < -0.4 is 15.5 Å². The summed E-state index contributed by atoms with van der Waals surface area (Å²) in [5, 5.41) is 2.91. The van der Waals surface area contributed by atoms with Crippen molar-refractivity contribution in [2.45, 2.75) is 18.6 Å². The summed E-state index contributed by atoms with van der Waals surface area (Å²) in [4.78, 5) is 29.3. The zero-order chi connectivity index (χ0) is 19.4. The topological polar surface area (TPSA) is 88.1 Å². The lowest BCUT2D eigenvalue weighted by Gasteiger charge is -2.35. The zero-order valence-electron chi connectivity index (χ0n) is 15.7. The Hall–Kier alpha value is -2.97. The number of pyridine rings is 1. The fraction of sp³-hybridized carbons (Fsp3) is 0.350. The highest BCUT2D eigenvalue weighted by atomic mass is 16.7. The number of benzene rings is 1. The van der Waals surface area contributed by atoms with Gasteiger partial charge < -0.3 is 10.1 Å². The highest BCUT2D eigenvalue weighted by Gasteiger charge is 2.40. The number of likely N-dealkylation sites (tertiary alicyclic amines) is 1. The molecule has 28 heavy (non-hydrogen) atoms. The van der Waals surface area contributed by atoms with E-state index in [2.05, 4.69) is 20.7 Å². The van der Waals surface area contributed by atoms with E-state index >= 15 is 0 Å². The summed E-state index contributed by atoms with van der Waals surface area (Å²) < 4.78 is 5.18. The third-order valence-corrected chi connectivity index (χ3v) is 4.92. The minimum Gasteiger partial charge on any atom is -0.497 e. The highest BCUT2D eigenvalue weighted by Crippen LogP contribution is 2.30.